The predicted molar refractivity (Wildman–Crippen MR) is 63.3 cm³/mol. The molecule has 0 unspecified atom stereocenters. The highest BCUT2D eigenvalue weighted by Gasteiger charge is 2.26. The van der Waals surface area contributed by atoms with Crippen LogP contribution in [0.25, 0.3) is 0 Å². The van der Waals surface area contributed by atoms with E-state index >= 15 is 0 Å². The fourth-order valence-electron chi connectivity index (χ4n) is 1.82. The molecule has 1 aliphatic heterocycles. The van der Waals surface area contributed by atoms with Crippen molar-refractivity contribution in [3.05, 3.63) is 0 Å². The highest BCUT2D eigenvalue weighted by molar-refractivity contribution is 5.81. The minimum Gasteiger partial charge on any atom is -0.376 e. The average Bonchev–Trinajstić information content (AvgIpc) is 2.67. The van der Waals surface area contributed by atoms with Gasteiger partial charge in [0.1, 0.15) is 0 Å². The molecular formula is C11H23N3O. The number of nitrogens with zero attached hydrogens (tertiary/aromatic N) is 2. The van der Waals surface area contributed by atoms with Gasteiger partial charge in [-0.05, 0) is 12.8 Å². The molecule has 0 aromatic heterocycles. The van der Waals surface area contributed by atoms with Crippen LogP contribution in [0.2, 0.25) is 0 Å². The number of rotatable bonds is 5. The molecule has 1 aliphatic rings. The first-order chi connectivity index (χ1) is 7.17. The summed E-state index contributed by atoms with van der Waals surface area (Å²) in [5, 5.41) is 3.38. The monoisotopic (exact) mass is 213 g/mol. The van der Waals surface area contributed by atoms with Crippen LogP contribution < -0.4 is 5.32 Å². The second-order valence-electron chi connectivity index (χ2n) is 4.07. The third-order valence-electron chi connectivity index (χ3n) is 3.35. The van der Waals surface area contributed by atoms with Gasteiger partial charge in [-0.15, -0.1) is 0 Å². The van der Waals surface area contributed by atoms with E-state index in [4.69, 9.17) is 4.74 Å². The zero-order chi connectivity index (χ0) is 11.3. The minimum atomic E-state index is -0.0497. The summed E-state index contributed by atoms with van der Waals surface area (Å²) >= 11 is 0. The van der Waals surface area contributed by atoms with Crippen LogP contribution in [0.1, 0.15) is 26.7 Å². The molecule has 15 heavy (non-hydrogen) atoms. The Balaban J connectivity index is 2.46. The second-order valence-corrected chi connectivity index (χ2v) is 4.07. The third kappa shape index (κ3) is 2.84. The molecule has 0 saturated carbocycles. The Morgan fingerprint density at radius 2 is 2.13 bits per heavy atom. The van der Waals surface area contributed by atoms with Gasteiger partial charge in [0.25, 0.3) is 0 Å². The molecule has 0 bridgehead atoms. The van der Waals surface area contributed by atoms with Crippen molar-refractivity contribution in [2.75, 3.05) is 33.8 Å². The normalized spacial score (nSPS) is 16.8. The molecule has 0 aromatic carbocycles. The van der Waals surface area contributed by atoms with Crippen LogP contribution in [-0.4, -0.2) is 50.3 Å². The van der Waals surface area contributed by atoms with Crippen LogP contribution in [0.15, 0.2) is 4.99 Å². The van der Waals surface area contributed by atoms with E-state index in [-0.39, 0.29) is 5.60 Å². The maximum atomic E-state index is 5.60. The van der Waals surface area contributed by atoms with E-state index in [0.29, 0.717) is 0 Å². The van der Waals surface area contributed by atoms with E-state index in [2.05, 4.69) is 36.1 Å². The summed E-state index contributed by atoms with van der Waals surface area (Å²) in [7, 11) is 3.85. The van der Waals surface area contributed by atoms with Crippen LogP contribution in [0.4, 0.5) is 0 Å². The molecule has 4 nitrogen and oxygen atoms in total. The molecule has 0 fully saturated rings. The van der Waals surface area contributed by atoms with Crippen LogP contribution in [0.3, 0.4) is 0 Å². The largest absolute Gasteiger partial charge is 0.376 e. The fraction of sp³-hybridized carbons (Fsp3) is 0.909. The van der Waals surface area contributed by atoms with E-state index < -0.39 is 0 Å². The first-order valence-corrected chi connectivity index (χ1v) is 5.72. The number of hydrogen-bond donors (Lipinski definition) is 1. The maximum absolute atomic E-state index is 5.60. The first-order valence-electron chi connectivity index (χ1n) is 5.72. The summed E-state index contributed by atoms with van der Waals surface area (Å²) in [6, 6.07) is 0. The molecule has 0 amide bonds. The Kier molecular flexibility index (Phi) is 4.39. The summed E-state index contributed by atoms with van der Waals surface area (Å²) < 4.78 is 5.60. The number of hydrogen-bond acceptors (Lipinski definition) is 4. The molecule has 4 heteroatoms. The van der Waals surface area contributed by atoms with Crippen molar-refractivity contribution in [3.8, 4) is 0 Å². The lowest BCUT2D eigenvalue weighted by Gasteiger charge is -2.31. The molecule has 0 aliphatic carbocycles. The van der Waals surface area contributed by atoms with Crippen LogP contribution >= 0.6 is 0 Å². The molecule has 88 valence electrons. The molecule has 1 N–H and O–H groups in total. The molecule has 0 saturated heterocycles. The molecule has 0 atom stereocenters. The second kappa shape index (κ2) is 5.35. The van der Waals surface area contributed by atoms with Gasteiger partial charge in [-0.25, -0.2) is 0 Å². The SMILES string of the molecule is CCC(CC)(CNC1=NCCN1C)OC. The van der Waals surface area contributed by atoms with Crippen molar-refractivity contribution >= 4 is 5.96 Å². The highest BCUT2D eigenvalue weighted by atomic mass is 16.5. The summed E-state index contributed by atoms with van der Waals surface area (Å²) in [4.78, 5) is 6.54. The Hall–Kier alpha value is -0.770. The molecule has 1 heterocycles. The summed E-state index contributed by atoms with van der Waals surface area (Å²) in [6.45, 7) is 7.07. The Labute approximate surface area is 92.7 Å². The van der Waals surface area contributed by atoms with Crippen LogP contribution in [0, 0.1) is 0 Å². The Bertz CT molecular complexity index is 216. The van der Waals surface area contributed by atoms with E-state index in [1.54, 1.807) is 7.11 Å². The molecule has 0 aromatic rings. The summed E-state index contributed by atoms with van der Waals surface area (Å²) in [5.74, 6) is 0.998. The van der Waals surface area contributed by atoms with Crippen molar-refractivity contribution in [1.29, 1.82) is 0 Å². The number of nitrogens with one attached hydrogen (secondary N) is 1. The summed E-state index contributed by atoms with van der Waals surface area (Å²) in [5.41, 5.74) is -0.0497. The standard InChI is InChI=1S/C11H23N3O/c1-5-11(6-2,15-4)9-13-10-12-7-8-14(10)3/h5-9H2,1-4H3,(H,12,13). The number of aliphatic imine (C=N–C) groups is 1. The number of guanidine groups is 1. The average molecular weight is 213 g/mol. The van der Waals surface area contributed by atoms with Gasteiger partial charge in [-0.3, -0.25) is 4.99 Å². The van der Waals surface area contributed by atoms with Crippen molar-refractivity contribution in [1.82, 2.24) is 10.2 Å². The number of likely N-dealkylation sites (N-methyl/N-ethyl adjacent to an activating group) is 1. The van der Waals surface area contributed by atoms with E-state index in [1.165, 1.54) is 0 Å². The summed E-state index contributed by atoms with van der Waals surface area (Å²) in [6.07, 6.45) is 2.04. The zero-order valence-corrected chi connectivity index (χ0v) is 10.3. The van der Waals surface area contributed by atoms with Gasteiger partial charge < -0.3 is 15.0 Å². The number of ether oxygens (including phenoxy) is 1. The van der Waals surface area contributed by atoms with Crippen molar-refractivity contribution < 1.29 is 4.74 Å². The molecule has 1 rings (SSSR count). The van der Waals surface area contributed by atoms with Gasteiger partial charge in [0.15, 0.2) is 5.96 Å². The zero-order valence-electron chi connectivity index (χ0n) is 10.3. The third-order valence-corrected chi connectivity index (χ3v) is 3.35. The Morgan fingerprint density at radius 1 is 1.47 bits per heavy atom. The molecule has 0 radical (unpaired) electrons. The number of methoxy groups -OCH3 is 1. The van der Waals surface area contributed by atoms with Gasteiger partial charge >= 0.3 is 0 Å². The topological polar surface area (TPSA) is 36.9 Å². The van der Waals surface area contributed by atoms with Gasteiger partial charge in [-0.2, -0.15) is 0 Å². The highest BCUT2D eigenvalue weighted by Crippen LogP contribution is 2.18. The van der Waals surface area contributed by atoms with Crippen LogP contribution in [-0.2, 0) is 4.74 Å². The maximum Gasteiger partial charge on any atom is 0.193 e. The van der Waals surface area contributed by atoms with Crippen molar-refractivity contribution in [3.63, 3.8) is 0 Å². The van der Waals surface area contributed by atoms with Crippen molar-refractivity contribution in [2.24, 2.45) is 4.99 Å². The van der Waals surface area contributed by atoms with E-state index in [0.717, 1.165) is 38.4 Å². The van der Waals surface area contributed by atoms with Gasteiger partial charge in [0.2, 0.25) is 0 Å². The van der Waals surface area contributed by atoms with Gasteiger partial charge in [0.05, 0.1) is 12.1 Å². The Morgan fingerprint density at radius 3 is 2.53 bits per heavy atom. The van der Waals surface area contributed by atoms with E-state index in [9.17, 15) is 0 Å². The lowest BCUT2D eigenvalue weighted by atomic mass is 9.97. The fourth-order valence-corrected chi connectivity index (χ4v) is 1.82. The quantitative estimate of drug-likeness (QED) is 0.742. The molecule has 0 spiro atoms. The first kappa shape index (κ1) is 12.3. The smallest absolute Gasteiger partial charge is 0.193 e. The van der Waals surface area contributed by atoms with Gasteiger partial charge in [-0.1, -0.05) is 13.8 Å². The minimum absolute atomic E-state index is 0.0497. The lowest BCUT2D eigenvalue weighted by Crippen LogP contribution is -2.46. The van der Waals surface area contributed by atoms with E-state index in [1.807, 2.05) is 0 Å². The van der Waals surface area contributed by atoms with Gasteiger partial charge in [0, 0.05) is 27.2 Å². The predicted octanol–water partition coefficient (Wildman–Crippen LogP) is 1.08. The van der Waals surface area contributed by atoms with Crippen molar-refractivity contribution in [2.45, 2.75) is 32.3 Å². The van der Waals surface area contributed by atoms with Crippen LogP contribution in [0.5, 0.6) is 0 Å². The molecular weight excluding hydrogens is 190 g/mol. The lowest BCUT2D eigenvalue weighted by molar-refractivity contribution is -0.0126.